The van der Waals surface area contributed by atoms with E-state index >= 15 is 0 Å². The number of rotatable bonds is 4. The molecule has 0 aliphatic carbocycles. The summed E-state index contributed by atoms with van der Waals surface area (Å²) in [6, 6.07) is 12.8. The molecule has 2 aromatic carbocycles. The fraction of sp³-hybridized carbons (Fsp3) is 0.200. The van der Waals surface area contributed by atoms with Gasteiger partial charge in [-0.15, -0.1) is 11.3 Å². The molecule has 1 aromatic heterocycles. The van der Waals surface area contributed by atoms with Crippen molar-refractivity contribution in [1.82, 2.24) is 4.57 Å². The molecule has 140 valence electrons. The summed E-state index contributed by atoms with van der Waals surface area (Å²) >= 11 is 17.2. The van der Waals surface area contributed by atoms with Crippen molar-refractivity contribution in [3.8, 4) is 11.3 Å². The molecule has 0 saturated heterocycles. The first-order chi connectivity index (χ1) is 12.9. The van der Waals surface area contributed by atoms with E-state index in [2.05, 4.69) is 32.4 Å². The first kappa shape index (κ1) is 20.3. The zero-order chi connectivity index (χ0) is 19.6. The minimum atomic E-state index is -0.261. The van der Waals surface area contributed by atoms with Crippen LogP contribution in [-0.4, -0.2) is 10.5 Å². The standard InChI is InChI=1S/C20H17BrCl2N2OS/c1-3-17-18(12-8-9-15(22)16(23)11-12)25(4-2)20(27-17)24-19(26)13-6-5-7-14(21)10-13/h5-11H,3-4H2,1-2H3. The fourth-order valence-electron chi connectivity index (χ4n) is 2.81. The van der Waals surface area contributed by atoms with Crippen molar-refractivity contribution in [2.75, 3.05) is 0 Å². The number of aryl methyl sites for hydroxylation is 1. The van der Waals surface area contributed by atoms with Crippen LogP contribution in [0.25, 0.3) is 11.3 Å². The number of hydrogen-bond donors (Lipinski definition) is 0. The molecule has 1 heterocycles. The summed E-state index contributed by atoms with van der Waals surface area (Å²) in [5, 5.41) is 1.03. The van der Waals surface area contributed by atoms with Gasteiger partial charge in [-0.25, -0.2) is 0 Å². The first-order valence-corrected chi connectivity index (χ1v) is 10.8. The van der Waals surface area contributed by atoms with Crippen molar-refractivity contribution in [1.29, 1.82) is 0 Å². The Morgan fingerprint density at radius 2 is 1.93 bits per heavy atom. The van der Waals surface area contributed by atoms with Crippen LogP contribution in [0.5, 0.6) is 0 Å². The second kappa shape index (κ2) is 8.74. The van der Waals surface area contributed by atoms with Gasteiger partial charge in [0, 0.05) is 27.0 Å². The Hall–Kier alpha value is -1.40. The lowest BCUT2D eigenvalue weighted by Gasteiger charge is -2.09. The maximum Gasteiger partial charge on any atom is 0.279 e. The van der Waals surface area contributed by atoms with Crippen LogP contribution in [0.2, 0.25) is 10.0 Å². The summed E-state index contributed by atoms with van der Waals surface area (Å²) in [5.41, 5.74) is 2.55. The molecule has 0 spiro atoms. The third-order valence-electron chi connectivity index (χ3n) is 4.08. The van der Waals surface area contributed by atoms with Crippen LogP contribution < -0.4 is 4.80 Å². The van der Waals surface area contributed by atoms with Gasteiger partial charge in [-0.1, -0.05) is 58.2 Å². The summed E-state index contributed by atoms with van der Waals surface area (Å²) in [6.07, 6.45) is 0.834. The Bertz CT molecular complexity index is 1070. The predicted octanol–water partition coefficient (Wildman–Crippen LogP) is 6.61. The molecule has 3 nitrogen and oxygen atoms in total. The lowest BCUT2D eigenvalue weighted by Crippen LogP contribution is -2.17. The quantitative estimate of drug-likeness (QED) is 0.411. The van der Waals surface area contributed by atoms with Crippen LogP contribution in [0.3, 0.4) is 0 Å². The number of amides is 1. The summed E-state index contributed by atoms with van der Waals surface area (Å²) in [4.78, 5) is 18.9. The van der Waals surface area contributed by atoms with Crippen molar-refractivity contribution < 1.29 is 4.79 Å². The molecular weight excluding hydrogens is 467 g/mol. The molecule has 0 unspecified atom stereocenters. The largest absolute Gasteiger partial charge is 0.316 e. The predicted molar refractivity (Wildman–Crippen MR) is 117 cm³/mol. The summed E-state index contributed by atoms with van der Waals surface area (Å²) in [7, 11) is 0. The van der Waals surface area contributed by atoms with E-state index in [0.717, 1.165) is 27.0 Å². The summed E-state index contributed by atoms with van der Waals surface area (Å²) in [5.74, 6) is -0.261. The van der Waals surface area contributed by atoms with E-state index in [1.807, 2.05) is 31.2 Å². The molecule has 27 heavy (non-hydrogen) atoms. The van der Waals surface area contributed by atoms with Crippen LogP contribution in [-0.2, 0) is 13.0 Å². The SMILES string of the molecule is CCc1sc(=NC(=O)c2cccc(Br)c2)n(CC)c1-c1ccc(Cl)c(Cl)c1. The molecule has 0 fully saturated rings. The van der Waals surface area contributed by atoms with Crippen LogP contribution >= 0.6 is 50.5 Å². The molecule has 0 N–H and O–H groups in total. The number of carbonyl (C=O) groups is 1. The molecule has 1 amide bonds. The highest BCUT2D eigenvalue weighted by Crippen LogP contribution is 2.32. The number of nitrogens with zero attached hydrogens (tertiary/aromatic N) is 2. The fourth-order valence-corrected chi connectivity index (χ4v) is 4.66. The van der Waals surface area contributed by atoms with E-state index < -0.39 is 0 Å². The molecule has 0 aliphatic rings. The minimum absolute atomic E-state index is 0.261. The average Bonchev–Trinajstić information content (AvgIpc) is 3.01. The van der Waals surface area contributed by atoms with E-state index in [0.29, 0.717) is 27.0 Å². The lowest BCUT2D eigenvalue weighted by atomic mass is 10.1. The number of hydrogen-bond acceptors (Lipinski definition) is 2. The van der Waals surface area contributed by atoms with Crippen molar-refractivity contribution >= 4 is 56.4 Å². The summed E-state index contributed by atoms with van der Waals surface area (Å²) in [6.45, 7) is 4.82. The summed E-state index contributed by atoms with van der Waals surface area (Å²) < 4.78 is 2.91. The topological polar surface area (TPSA) is 34.4 Å². The smallest absolute Gasteiger partial charge is 0.279 e. The lowest BCUT2D eigenvalue weighted by molar-refractivity contribution is 0.0997. The molecule has 0 radical (unpaired) electrons. The van der Waals surface area contributed by atoms with Gasteiger partial charge in [0.1, 0.15) is 0 Å². The van der Waals surface area contributed by atoms with Crippen molar-refractivity contribution in [3.63, 3.8) is 0 Å². The third kappa shape index (κ3) is 4.37. The van der Waals surface area contributed by atoms with Gasteiger partial charge in [0.25, 0.3) is 5.91 Å². The molecule has 3 aromatic rings. The van der Waals surface area contributed by atoms with Crippen LogP contribution in [0, 0.1) is 0 Å². The molecule has 0 atom stereocenters. The van der Waals surface area contributed by atoms with E-state index in [1.54, 1.807) is 18.2 Å². The number of benzene rings is 2. The number of aromatic nitrogens is 1. The van der Waals surface area contributed by atoms with Gasteiger partial charge >= 0.3 is 0 Å². The van der Waals surface area contributed by atoms with Crippen LogP contribution in [0.1, 0.15) is 29.1 Å². The van der Waals surface area contributed by atoms with Crippen LogP contribution in [0.15, 0.2) is 51.9 Å². The van der Waals surface area contributed by atoms with Gasteiger partial charge < -0.3 is 4.57 Å². The maximum atomic E-state index is 12.6. The van der Waals surface area contributed by atoms with E-state index in [1.165, 1.54) is 11.3 Å². The molecule has 7 heteroatoms. The second-order valence-corrected chi connectivity index (χ2v) is 8.60. The highest BCUT2D eigenvalue weighted by Gasteiger charge is 2.16. The highest BCUT2D eigenvalue weighted by molar-refractivity contribution is 9.10. The van der Waals surface area contributed by atoms with E-state index in [4.69, 9.17) is 23.2 Å². The molecule has 3 rings (SSSR count). The number of halogens is 3. The van der Waals surface area contributed by atoms with Gasteiger partial charge in [-0.05, 0) is 43.7 Å². The van der Waals surface area contributed by atoms with Gasteiger partial charge in [0.05, 0.1) is 15.7 Å². The van der Waals surface area contributed by atoms with Crippen molar-refractivity contribution in [2.24, 2.45) is 4.99 Å². The number of thiazole rings is 1. The highest BCUT2D eigenvalue weighted by atomic mass is 79.9. The third-order valence-corrected chi connectivity index (χ3v) is 6.53. The normalized spacial score (nSPS) is 11.8. The minimum Gasteiger partial charge on any atom is -0.316 e. The number of carbonyl (C=O) groups excluding carboxylic acids is 1. The Kier molecular flexibility index (Phi) is 6.58. The van der Waals surface area contributed by atoms with E-state index in [-0.39, 0.29) is 5.91 Å². The molecule has 0 saturated carbocycles. The monoisotopic (exact) mass is 482 g/mol. The van der Waals surface area contributed by atoms with Gasteiger partial charge in [-0.2, -0.15) is 4.99 Å². The molecule has 0 aliphatic heterocycles. The first-order valence-electron chi connectivity index (χ1n) is 8.47. The average molecular weight is 484 g/mol. The maximum absolute atomic E-state index is 12.6. The Balaban J connectivity index is 2.16. The Morgan fingerprint density at radius 3 is 2.56 bits per heavy atom. The zero-order valence-corrected chi connectivity index (χ0v) is 18.7. The zero-order valence-electron chi connectivity index (χ0n) is 14.8. The molecular formula is C20H17BrCl2N2OS. The second-order valence-electron chi connectivity index (χ2n) is 5.81. The Labute approximate surface area is 180 Å². The Morgan fingerprint density at radius 1 is 1.15 bits per heavy atom. The van der Waals surface area contributed by atoms with Crippen molar-refractivity contribution in [2.45, 2.75) is 26.8 Å². The molecule has 0 bridgehead atoms. The van der Waals surface area contributed by atoms with E-state index in [9.17, 15) is 4.79 Å². The van der Waals surface area contributed by atoms with Crippen LogP contribution in [0.4, 0.5) is 0 Å². The van der Waals surface area contributed by atoms with Gasteiger partial charge in [-0.3, -0.25) is 4.79 Å². The van der Waals surface area contributed by atoms with Gasteiger partial charge in [0.15, 0.2) is 4.80 Å². The van der Waals surface area contributed by atoms with Gasteiger partial charge in [0.2, 0.25) is 0 Å². The van der Waals surface area contributed by atoms with Crippen molar-refractivity contribution in [3.05, 3.63) is 72.2 Å².